The zero-order chi connectivity index (χ0) is 15.7. The first-order chi connectivity index (χ1) is 10.4. The van der Waals surface area contributed by atoms with Crippen LogP contribution in [0.15, 0.2) is 11.6 Å². The van der Waals surface area contributed by atoms with Crippen LogP contribution in [0.5, 0.6) is 0 Å². The van der Waals surface area contributed by atoms with Gasteiger partial charge in [0.05, 0.1) is 6.10 Å². The molecule has 3 saturated carbocycles. The van der Waals surface area contributed by atoms with Crippen molar-refractivity contribution in [3.63, 3.8) is 0 Å². The molecule has 3 fully saturated rings. The number of aliphatic hydroxyl groups is 2. The Balaban J connectivity index is 1.70. The molecule has 2 N–H and O–H groups in total. The van der Waals surface area contributed by atoms with Gasteiger partial charge in [0.2, 0.25) is 0 Å². The molecule has 0 aromatic heterocycles. The molecule has 0 amide bonds. The predicted octanol–water partition coefficient (Wildman–Crippen LogP) is 2.85. The van der Waals surface area contributed by atoms with Crippen LogP contribution in [0.4, 0.5) is 0 Å². The molecule has 4 aliphatic carbocycles. The van der Waals surface area contributed by atoms with Crippen molar-refractivity contribution >= 4 is 5.78 Å². The summed E-state index contributed by atoms with van der Waals surface area (Å²) in [5, 5.41) is 20.1. The van der Waals surface area contributed by atoms with E-state index in [1.807, 2.05) is 0 Å². The van der Waals surface area contributed by atoms with E-state index in [1.165, 1.54) is 5.57 Å². The van der Waals surface area contributed by atoms with Crippen molar-refractivity contribution in [2.75, 3.05) is 0 Å². The first-order valence-corrected chi connectivity index (χ1v) is 8.96. The molecule has 0 bridgehead atoms. The van der Waals surface area contributed by atoms with Gasteiger partial charge in [-0.05, 0) is 68.1 Å². The van der Waals surface area contributed by atoms with Gasteiger partial charge in [-0.15, -0.1) is 0 Å². The van der Waals surface area contributed by atoms with Crippen LogP contribution in [0, 0.1) is 28.6 Å². The molecule has 0 radical (unpaired) electrons. The van der Waals surface area contributed by atoms with Gasteiger partial charge in [-0.2, -0.15) is 0 Å². The van der Waals surface area contributed by atoms with E-state index in [0.717, 1.165) is 38.5 Å². The second kappa shape index (κ2) is 4.67. The predicted molar refractivity (Wildman–Crippen MR) is 84.1 cm³/mol. The number of aliphatic hydroxyl groups excluding tert-OH is 2. The largest absolute Gasteiger partial charge is 0.393 e. The SMILES string of the molecule is C[C@]12CC[C@H](O)CC1=CC[C@H]1[C@H]3C[C@@H](O)C(=O)[C@@]3(C)CC[C@@H]12. The average Bonchev–Trinajstić information content (AvgIpc) is 2.72. The molecule has 4 aliphatic rings. The van der Waals surface area contributed by atoms with Crippen molar-refractivity contribution < 1.29 is 15.0 Å². The van der Waals surface area contributed by atoms with Gasteiger partial charge in [-0.3, -0.25) is 4.79 Å². The third-order valence-corrected chi connectivity index (χ3v) is 7.81. The van der Waals surface area contributed by atoms with Crippen LogP contribution >= 0.6 is 0 Å². The number of fused-ring (bicyclic) bond motifs is 5. The molecule has 0 unspecified atom stereocenters. The fourth-order valence-corrected chi connectivity index (χ4v) is 6.43. The quantitative estimate of drug-likeness (QED) is 0.677. The van der Waals surface area contributed by atoms with Crippen molar-refractivity contribution in [2.45, 2.75) is 71.0 Å². The highest BCUT2D eigenvalue weighted by Crippen LogP contribution is 2.63. The Bertz CT molecular complexity index is 539. The van der Waals surface area contributed by atoms with Crippen LogP contribution in [-0.2, 0) is 4.79 Å². The number of Topliss-reactive ketones (excluding diaryl/α,β-unsaturated/α-hetero) is 1. The summed E-state index contributed by atoms with van der Waals surface area (Å²) in [6, 6.07) is 0. The lowest BCUT2D eigenvalue weighted by molar-refractivity contribution is -0.136. The van der Waals surface area contributed by atoms with Crippen LogP contribution in [0.3, 0.4) is 0 Å². The van der Waals surface area contributed by atoms with Crippen LogP contribution in [0.1, 0.15) is 58.8 Å². The van der Waals surface area contributed by atoms with Crippen LogP contribution in [-0.4, -0.2) is 28.2 Å². The first-order valence-electron chi connectivity index (χ1n) is 8.96. The molecule has 3 heteroatoms. The summed E-state index contributed by atoms with van der Waals surface area (Å²) in [6.45, 7) is 4.48. The smallest absolute Gasteiger partial charge is 0.167 e. The van der Waals surface area contributed by atoms with Crippen molar-refractivity contribution in [3.05, 3.63) is 11.6 Å². The van der Waals surface area contributed by atoms with E-state index in [1.54, 1.807) is 0 Å². The van der Waals surface area contributed by atoms with Crippen molar-refractivity contribution in [1.82, 2.24) is 0 Å². The summed E-state index contributed by atoms with van der Waals surface area (Å²) in [5.41, 5.74) is 1.37. The van der Waals surface area contributed by atoms with Crippen molar-refractivity contribution in [2.24, 2.45) is 28.6 Å². The molecular weight excluding hydrogens is 276 g/mol. The second-order valence-corrected chi connectivity index (χ2v) is 8.73. The molecule has 0 aromatic rings. The van der Waals surface area contributed by atoms with Crippen molar-refractivity contribution in [3.8, 4) is 0 Å². The molecule has 0 aliphatic heterocycles. The fourth-order valence-electron chi connectivity index (χ4n) is 6.43. The number of carbonyl (C=O) groups excluding carboxylic acids is 1. The van der Waals surface area contributed by atoms with E-state index < -0.39 is 6.10 Å². The minimum Gasteiger partial charge on any atom is -0.393 e. The van der Waals surface area contributed by atoms with Crippen LogP contribution < -0.4 is 0 Å². The number of carbonyl (C=O) groups is 1. The van der Waals surface area contributed by atoms with Crippen LogP contribution in [0.2, 0.25) is 0 Å². The molecule has 22 heavy (non-hydrogen) atoms. The molecule has 0 spiro atoms. The summed E-state index contributed by atoms with van der Waals surface area (Å²) in [6.07, 6.45) is 8.00. The van der Waals surface area contributed by atoms with Crippen molar-refractivity contribution in [1.29, 1.82) is 0 Å². The van der Waals surface area contributed by atoms with E-state index >= 15 is 0 Å². The Kier molecular flexibility index (Phi) is 3.16. The lowest BCUT2D eigenvalue weighted by atomic mass is 9.48. The fraction of sp³-hybridized carbons (Fsp3) is 0.842. The molecular formula is C19H28O3. The topological polar surface area (TPSA) is 57.5 Å². The Morgan fingerprint density at radius 2 is 1.82 bits per heavy atom. The van der Waals surface area contributed by atoms with E-state index in [9.17, 15) is 15.0 Å². The number of ketones is 1. The highest BCUT2D eigenvalue weighted by atomic mass is 16.3. The van der Waals surface area contributed by atoms with Gasteiger partial charge in [0, 0.05) is 5.41 Å². The van der Waals surface area contributed by atoms with Gasteiger partial charge < -0.3 is 10.2 Å². The summed E-state index contributed by atoms with van der Waals surface area (Å²) in [4.78, 5) is 12.4. The van der Waals surface area contributed by atoms with Gasteiger partial charge in [-0.25, -0.2) is 0 Å². The lowest BCUT2D eigenvalue weighted by Gasteiger charge is -2.56. The van der Waals surface area contributed by atoms with Crippen LogP contribution in [0.25, 0.3) is 0 Å². The van der Waals surface area contributed by atoms with E-state index in [0.29, 0.717) is 24.2 Å². The molecule has 7 atom stereocenters. The summed E-state index contributed by atoms with van der Waals surface area (Å²) in [7, 11) is 0. The lowest BCUT2D eigenvalue weighted by Crippen LogP contribution is -2.50. The Hall–Kier alpha value is -0.670. The van der Waals surface area contributed by atoms with Gasteiger partial charge in [0.15, 0.2) is 5.78 Å². The molecule has 3 nitrogen and oxygen atoms in total. The maximum atomic E-state index is 12.4. The number of allylic oxidation sites excluding steroid dienone is 1. The maximum Gasteiger partial charge on any atom is 0.167 e. The molecule has 0 aromatic carbocycles. The van der Waals surface area contributed by atoms with Gasteiger partial charge in [0.1, 0.15) is 6.10 Å². The third kappa shape index (κ3) is 1.78. The van der Waals surface area contributed by atoms with Gasteiger partial charge >= 0.3 is 0 Å². The molecule has 0 heterocycles. The zero-order valence-electron chi connectivity index (χ0n) is 13.7. The minimum absolute atomic E-state index is 0.0925. The second-order valence-electron chi connectivity index (χ2n) is 8.73. The standard InChI is InChI=1S/C19H28O3/c1-18-7-5-12(20)9-11(18)3-4-13-14(18)6-8-19(2)15(13)10-16(21)17(19)22/h3,12-16,20-21H,4-10H2,1-2H3/t12-,13+,14-,15+,16+,18-,19-/m0/s1. The summed E-state index contributed by atoms with van der Waals surface area (Å²) in [5.74, 6) is 1.59. The molecule has 0 saturated heterocycles. The minimum atomic E-state index is -0.736. The van der Waals surface area contributed by atoms with Gasteiger partial charge in [0.25, 0.3) is 0 Å². The monoisotopic (exact) mass is 304 g/mol. The highest BCUT2D eigenvalue weighted by Gasteiger charge is 2.60. The number of rotatable bonds is 0. The number of hydrogen-bond acceptors (Lipinski definition) is 3. The van der Waals surface area contributed by atoms with E-state index in [-0.39, 0.29) is 22.7 Å². The van der Waals surface area contributed by atoms with E-state index in [2.05, 4.69) is 19.9 Å². The number of hydrogen-bond donors (Lipinski definition) is 2. The Labute approximate surface area is 132 Å². The Morgan fingerprint density at radius 1 is 1.09 bits per heavy atom. The third-order valence-electron chi connectivity index (χ3n) is 7.81. The maximum absolute atomic E-state index is 12.4. The summed E-state index contributed by atoms with van der Waals surface area (Å²) >= 11 is 0. The highest BCUT2D eigenvalue weighted by molar-refractivity contribution is 5.91. The molecule has 4 rings (SSSR count). The Morgan fingerprint density at radius 3 is 2.59 bits per heavy atom. The molecule has 122 valence electrons. The average molecular weight is 304 g/mol. The van der Waals surface area contributed by atoms with E-state index in [4.69, 9.17) is 0 Å². The van der Waals surface area contributed by atoms with Gasteiger partial charge in [-0.1, -0.05) is 25.5 Å². The zero-order valence-corrected chi connectivity index (χ0v) is 13.7. The normalized spacial score (nSPS) is 54.3. The summed E-state index contributed by atoms with van der Waals surface area (Å²) < 4.78 is 0. The first kappa shape index (κ1) is 14.9.